The van der Waals surface area contributed by atoms with Gasteiger partial charge in [-0.2, -0.15) is 17.9 Å². The van der Waals surface area contributed by atoms with Gasteiger partial charge in [-0.3, -0.25) is 9.59 Å². The van der Waals surface area contributed by atoms with Crippen molar-refractivity contribution in [3.8, 4) is 0 Å². The molecule has 1 fully saturated rings. The molecule has 1 aromatic carbocycles. The van der Waals surface area contributed by atoms with E-state index in [2.05, 4.69) is 16.9 Å². The van der Waals surface area contributed by atoms with Crippen molar-refractivity contribution in [3.63, 3.8) is 0 Å². The number of rotatable bonds is 4. The van der Waals surface area contributed by atoms with Crippen molar-refractivity contribution < 1.29 is 32.7 Å². The Bertz CT molecular complexity index is 989. The number of aromatic nitrogens is 3. The number of allylic oxidation sites excluding steroid dienone is 1. The average Bonchev–Trinajstić information content (AvgIpc) is 3.23. The summed E-state index contributed by atoms with van der Waals surface area (Å²) >= 11 is 0. The van der Waals surface area contributed by atoms with Crippen LogP contribution in [0.3, 0.4) is 0 Å². The lowest BCUT2D eigenvalue weighted by Crippen LogP contribution is -2.64. The van der Waals surface area contributed by atoms with Crippen LogP contribution in [0.2, 0.25) is 0 Å². The van der Waals surface area contributed by atoms with Crippen LogP contribution in [0.1, 0.15) is 11.2 Å². The van der Waals surface area contributed by atoms with Gasteiger partial charge in [-0.05, 0) is 18.6 Å². The van der Waals surface area contributed by atoms with Crippen LogP contribution in [-0.4, -0.2) is 67.7 Å². The number of halogens is 3. The van der Waals surface area contributed by atoms with Gasteiger partial charge in [0, 0.05) is 12.5 Å². The maximum absolute atomic E-state index is 13.4. The van der Waals surface area contributed by atoms with Crippen LogP contribution in [0.15, 0.2) is 36.9 Å². The Labute approximate surface area is 161 Å². The van der Waals surface area contributed by atoms with E-state index in [4.69, 9.17) is 0 Å². The highest BCUT2D eigenvalue weighted by molar-refractivity contribution is 5.99. The third-order valence-corrected chi connectivity index (χ3v) is 4.82. The Balaban J connectivity index is 2.13. The molecule has 0 aliphatic carbocycles. The number of hydrogen-bond donors (Lipinski definition) is 2. The molecule has 154 valence electrons. The number of carboxylic acid groups (broad SMARTS) is 1. The minimum absolute atomic E-state index is 0.0136. The van der Waals surface area contributed by atoms with E-state index in [1.54, 1.807) is 23.5 Å². The SMILES string of the molecule is C=CCC1CN(C(=O)O)CC1(NC(=O)C(F)(F)F)C(=O)n1nnc2ccccc21. The van der Waals surface area contributed by atoms with E-state index < -0.39 is 42.1 Å². The molecule has 3 rings (SSSR count). The van der Waals surface area contributed by atoms with Gasteiger partial charge in [0.25, 0.3) is 5.91 Å². The summed E-state index contributed by atoms with van der Waals surface area (Å²) in [5.74, 6) is -4.35. The van der Waals surface area contributed by atoms with Gasteiger partial charge in [-0.25, -0.2) is 4.79 Å². The normalized spacial score (nSPS) is 21.9. The van der Waals surface area contributed by atoms with Crippen LogP contribution in [0, 0.1) is 5.92 Å². The quantitative estimate of drug-likeness (QED) is 0.740. The molecule has 1 aromatic heterocycles. The zero-order valence-electron chi connectivity index (χ0n) is 14.9. The molecule has 12 heteroatoms. The molecule has 2 N–H and O–H groups in total. The van der Waals surface area contributed by atoms with Crippen molar-refractivity contribution in [2.75, 3.05) is 13.1 Å². The molecule has 0 spiro atoms. The first kappa shape index (κ1) is 20.3. The second-order valence-corrected chi connectivity index (χ2v) is 6.60. The van der Waals surface area contributed by atoms with E-state index in [1.807, 2.05) is 0 Å². The number of carbonyl (C=O) groups excluding carboxylic acids is 2. The van der Waals surface area contributed by atoms with E-state index in [-0.39, 0.29) is 18.5 Å². The van der Waals surface area contributed by atoms with Crippen LogP contribution >= 0.6 is 0 Å². The molecular weight excluding hydrogens is 395 g/mol. The monoisotopic (exact) mass is 411 g/mol. The molecule has 2 aromatic rings. The number of fused-ring (bicyclic) bond motifs is 1. The fourth-order valence-electron chi connectivity index (χ4n) is 3.46. The smallest absolute Gasteiger partial charge is 0.465 e. The summed E-state index contributed by atoms with van der Waals surface area (Å²) in [6, 6.07) is 6.25. The summed E-state index contributed by atoms with van der Waals surface area (Å²) in [5.41, 5.74) is -1.67. The van der Waals surface area contributed by atoms with Crippen LogP contribution in [-0.2, 0) is 4.79 Å². The van der Waals surface area contributed by atoms with Gasteiger partial charge >= 0.3 is 18.2 Å². The number of nitrogens with zero attached hydrogens (tertiary/aromatic N) is 4. The number of carbonyl (C=O) groups is 3. The van der Waals surface area contributed by atoms with Gasteiger partial charge in [-0.15, -0.1) is 11.7 Å². The molecule has 1 saturated heterocycles. The fourth-order valence-corrected chi connectivity index (χ4v) is 3.46. The number of alkyl halides is 3. The van der Waals surface area contributed by atoms with E-state index in [0.717, 1.165) is 9.58 Å². The molecule has 9 nitrogen and oxygen atoms in total. The first-order valence-electron chi connectivity index (χ1n) is 8.43. The highest BCUT2D eigenvalue weighted by Gasteiger charge is 2.57. The molecule has 0 bridgehead atoms. The minimum Gasteiger partial charge on any atom is -0.465 e. The highest BCUT2D eigenvalue weighted by atomic mass is 19.4. The largest absolute Gasteiger partial charge is 0.471 e. The van der Waals surface area contributed by atoms with Crippen molar-refractivity contribution in [1.29, 1.82) is 0 Å². The van der Waals surface area contributed by atoms with Crippen molar-refractivity contribution in [2.24, 2.45) is 5.92 Å². The summed E-state index contributed by atoms with van der Waals surface area (Å²) in [6.07, 6.45) is -5.37. The van der Waals surface area contributed by atoms with Gasteiger partial charge in [-0.1, -0.05) is 23.4 Å². The minimum atomic E-state index is -5.27. The number of benzene rings is 1. The Kier molecular flexibility index (Phi) is 5.03. The Morgan fingerprint density at radius 1 is 1.34 bits per heavy atom. The molecule has 29 heavy (non-hydrogen) atoms. The summed E-state index contributed by atoms with van der Waals surface area (Å²) in [5, 5.41) is 18.6. The Morgan fingerprint density at radius 2 is 2.03 bits per heavy atom. The second kappa shape index (κ2) is 7.18. The molecule has 2 atom stereocenters. The average molecular weight is 411 g/mol. The topological polar surface area (TPSA) is 117 Å². The maximum Gasteiger partial charge on any atom is 0.471 e. The number of para-hydroxylation sites is 1. The third kappa shape index (κ3) is 3.52. The van der Waals surface area contributed by atoms with Crippen LogP contribution in [0.5, 0.6) is 0 Å². The zero-order chi connectivity index (χ0) is 21.4. The first-order chi connectivity index (χ1) is 13.6. The van der Waals surface area contributed by atoms with Gasteiger partial charge in [0.05, 0.1) is 12.1 Å². The van der Waals surface area contributed by atoms with Gasteiger partial charge < -0.3 is 15.3 Å². The number of hydrogen-bond acceptors (Lipinski definition) is 5. The molecule has 1 aliphatic rings. The standard InChI is InChI=1S/C17H16F3N5O4/c1-2-5-10-8-24(15(28)29)9-16(10,21-13(26)17(18,19)20)14(27)25-12-7-4-3-6-11(12)22-23-25/h2-4,6-7,10H,1,5,8-9H2,(H,21,26)(H,28,29). The van der Waals surface area contributed by atoms with E-state index in [0.29, 0.717) is 5.52 Å². The van der Waals surface area contributed by atoms with Crippen LogP contribution in [0.4, 0.5) is 18.0 Å². The molecule has 1 aliphatic heterocycles. The molecule has 0 saturated carbocycles. The number of likely N-dealkylation sites (tertiary alicyclic amines) is 1. The summed E-state index contributed by atoms with van der Waals surface area (Å²) in [6.45, 7) is 2.58. The van der Waals surface area contributed by atoms with Gasteiger partial charge in [0.15, 0.2) is 0 Å². The summed E-state index contributed by atoms with van der Waals surface area (Å²) in [7, 11) is 0. The van der Waals surface area contributed by atoms with E-state index >= 15 is 0 Å². The van der Waals surface area contributed by atoms with Crippen molar-refractivity contribution >= 4 is 28.9 Å². The van der Waals surface area contributed by atoms with Crippen LogP contribution in [0.25, 0.3) is 11.0 Å². The lowest BCUT2D eigenvalue weighted by atomic mass is 9.83. The van der Waals surface area contributed by atoms with E-state index in [9.17, 15) is 32.7 Å². The number of nitrogens with one attached hydrogen (secondary N) is 1. The van der Waals surface area contributed by atoms with Crippen molar-refractivity contribution in [3.05, 3.63) is 36.9 Å². The lowest BCUT2D eigenvalue weighted by Gasteiger charge is -2.33. The maximum atomic E-state index is 13.4. The third-order valence-electron chi connectivity index (χ3n) is 4.82. The zero-order valence-corrected chi connectivity index (χ0v) is 14.9. The Hall–Kier alpha value is -3.44. The molecule has 2 amide bonds. The Morgan fingerprint density at radius 3 is 2.66 bits per heavy atom. The van der Waals surface area contributed by atoms with Crippen molar-refractivity contribution in [1.82, 2.24) is 25.2 Å². The predicted molar refractivity (Wildman–Crippen MR) is 93.0 cm³/mol. The van der Waals surface area contributed by atoms with Crippen molar-refractivity contribution in [2.45, 2.75) is 18.1 Å². The van der Waals surface area contributed by atoms with E-state index in [1.165, 1.54) is 12.1 Å². The van der Waals surface area contributed by atoms with Crippen LogP contribution < -0.4 is 5.32 Å². The van der Waals surface area contributed by atoms with Gasteiger partial charge in [0.2, 0.25) is 0 Å². The summed E-state index contributed by atoms with van der Waals surface area (Å²) in [4.78, 5) is 37.4. The summed E-state index contributed by atoms with van der Waals surface area (Å²) < 4.78 is 39.8. The predicted octanol–water partition coefficient (Wildman–Crippen LogP) is 1.67. The highest BCUT2D eigenvalue weighted by Crippen LogP contribution is 2.34. The molecule has 2 unspecified atom stereocenters. The molecular formula is C17H16F3N5O4. The number of amides is 2. The molecule has 2 heterocycles. The first-order valence-corrected chi connectivity index (χ1v) is 8.43. The molecule has 0 radical (unpaired) electrons. The lowest BCUT2D eigenvalue weighted by molar-refractivity contribution is -0.175. The van der Waals surface area contributed by atoms with Gasteiger partial charge in [0.1, 0.15) is 11.1 Å². The second-order valence-electron chi connectivity index (χ2n) is 6.60. The fraction of sp³-hybridized carbons (Fsp3) is 0.353.